The quantitative estimate of drug-likeness (QED) is 0.249. The smallest absolute Gasteiger partial charge is 0.268 e. The average Bonchev–Trinajstić information content (AvgIpc) is 2.35. The number of nitrogens with two attached hydrogens (primary N) is 1. The van der Waals surface area contributed by atoms with E-state index >= 15 is 0 Å². The second kappa shape index (κ2) is 6.04. The number of phenols is 1. The summed E-state index contributed by atoms with van der Waals surface area (Å²) in [6, 6.07) is 3.99. The van der Waals surface area contributed by atoms with E-state index < -0.39 is 18.6 Å². The van der Waals surface area contributed by atoms with Crippen molar-refractivity contribution in [3.05, 3.63) is 23.8 Å². The fourth-order valence-electron chi connectivity index (χ4n) is 1.12. The number of ether oxygens (including phenoxy) is 1. The van der Waals surface area contributed by atoms with E-state index in [1.54, 1.807) is 0 Å². The maximum absolute atomic E-state index is 11.1. The number of hydrazine groups is 1. The van der Waals surface area contributed by atoms with Gasteiger partial charge in [-0.1, -0.05) is 0 Å². The number of rotatable bonds is 5. The van der Waals surface area contributed by atoms with Gasteiger partial charge < -0.3 is 20.1 Å². The number of nitrogens with one attached hydrogen (secondary N) is 1. The van der Waals surface area contributed by atoms with Gasteiger partial charge in [-0.25, -0.2) is 5.84 Å². The second-order valence-electron chi connectivity index (χ2n) is 3.30. The minimum absolute atomic E-state index is 0.0163. The Bertz CT molecular complexity index is 396. The standard InChI is InChI=1S/C10H14N2O5/c11-12-10(16)8-2-1-7(3-9(8)15)17-5-6(14)4-13/h1-3,6,13-15H,4-5,11H2,(H,12,16)/t6-/m0/s1. The number of carbonyl (C=O) groups excluding carboxylic acids is 1. The lowest BCUT2D eigenvalue weighted by atomic mass is 10.2. The molecule has 0 saturated carbocycles. The number of aromatic hydroxyl groups is 1. The van der Waals surface area contributed by atoms with Crippen molar-refractivity contribution in [2.45, 2.75) is 6.10 Å². The van der Waals surface area contributed by atoms with Crippen LogP contribution in [-0.4, -0.2) is 40.5 Å². The molecule has 6 N–H and O–H groups in total. The van der Waals surface area contributed by atoms with Gasteiger partial charge in [0.25, 0.3) is 5.91 Å². The molecular weight excluding hydrogens is 228 g/mol. The highest BCUT2D eigenvalue weighted by atomic mass is 16.5. The molecule has 0 aliphatic heterocycles. The van der Waals surface area contributed by atoms with E-state index in [1.165, 1.54) is 18.2 Å². The van der Waals surface area contributed by atoms with E-state index in [0.717, 1.165) is 0 Å². The Kier molecular flexibility index (Phi) is 4.70. The molecule has 0 fully saturated rings. The number of benzene rings is 1. The highest BCUT2D eigenvalue weighted by molar-refractivity contribution is 5.96. The summed E-state index contributed by atoms with van der Waals surface area (Å²) in [6.07, 6.45) is -0.996. The van der Waals surface area contributed by atoms with Crippen molar-refractivity contribution in [3.63, 3.8) is 0 Å². The van der Waals surface area contributed by atoms with Gasteiger partial charge in [0.1, 0.15) is 24.2 Å². The normalized spacial score (nSPS) is 11.9. The van der Waals surface area contributed by atoms with Crippen molar-refractivity contribution < 1.29 is 24.9 Å². The molecule has 0 unspecified atom stereocenters. The van der Waals surface area contributed by atoms with Gasteiger partial charge in [0.2, 0.25) is 0 Å². The predicted molar refractivity (Wildman–Crippen MR) is 58.3 cm³/mol. The monoisotopic (exact) mass is 242 g/mol. The zero-order chi connectivity index (χ0) is 12.8. The summed E-state index contributed by atoms with van der Waals surface area (Å²) in [7, 11) is 0. The van der Waals surface area contributed by atoms with Crippen LogP contribution in [0.3, 0.4) is 0 Å². The van der Waals surface area contributed by atoms with Gasteiger partial charge in [-0.15, -0.1) is 0 Å². The van der Waals surface area contributed by atoms with Gasteiger partial charge in [0.15, 0.2) is 0 Å². The van der Waals surface area contributed by atoms with Gasteiger partial charge >= 0.3 is 0 Å². The van der Waals surface area contributed by atoms with Crippen molar-refractivity contribution >= 4 is 5.91 Å². The molecule has 17 heavy (non-hydrogen) atoms. The van der Waals surface area contributed by atoms with Crippen LogP contribution in [0.2, 0.25) is 0 Å². The van der Waals surface area contributed by atoms with Crippen LogP contribution in [0.25, 0.3) is 0 Å². The van der Waals surface area contributed by atoms with E-state index in [0.29, 0.717) is 0 Å². The number of phenolic OH excluding ortho intramolecular Hbond substituents is 1. The lowest BCUT2D eigenvalue weighted by Gasteiger charge is -2.11. The average molecular weight is 242 g/mol. The van der Waals surface area contributed by atoms with Crippen LogP contribution in [0, 0.1) is 0 Å². The third-order valence-electron chi connectivity index (χ3n) is 2.00. The van der Waals surface area contributed by atoms with Crippen molar-refractivity contribution in [1.29, 1.82) is 0 Å². The summed E-state index contributed by atoms with van der Waals surface area (Å²) < 4.78 is 5.07. The molecule has 94 valence electrons. The van der Waals surface area contributed by atoms with Crippen LogP contribution in [0.15, 0.2) is 18.2 Å². The number of aliphatic hydroxyl groups excluding tert-OH is 2. The molecule has 1 atom stereocenters. The summed E-state index contributed by atoms with van der Waals surface area (Å²) in [5.41, 5.74) is 1.90. The minimum atomic E-state index is -0.996. The first-order valence-corrected chi connectivity index (χ1v) is 4.84. The number of aliphatic hydroxyl groups is 2. The van der Waals surface area contributed by atoms with Crippen LogP contribution < -0.4 is 16.0 Å². The van der Waals surface area contributed by atoms with E-state index in [-0.39, 0.29) is 23.7 Å². The lowest BCUT2D eigenvalue weighted by molar-refractivity contribution is 0.0535. The predicted octanol–water partition coefficient (Wildman–Crippen LogP) is -1.27. The van der Waals surface area contributed by atoms with Crippen LogP contribution >= 0.6 is 0 Å². The Morgan fingerprint density at radius 1 is 1.53 bits per heavy atom. The van der Waals surface area contributed by atoms with Gasteiger partial charge in [0, 0.05) is 6.07 Å². The summed E-state index contributed by atoms with van der Waals surface area (Å²) in [5, 5.41) is 27.1. The third kappa shape index (κ3) is 3.59. The molecule has 0 heterocycles. The number of carbonyl (C=O) groups is 1. The van der Waals surface area contributed by atoms with Crippen LogP contribution in [0.1, 0.15) is 10.4 Å². The van der Waals surface area contributed by atoms with Crippen molar-refractivity contribution in [2.75, 3.05) is 13.2 Å². The molecule has 1 aromatic rings. The van der Waals surface area contributed by atoms with Crippen LogP contribution in [0.4, 0.5) is 0 Å². The first-order chi connectivity index (χ1) is 8.08. The third-order valence-corrected chi connectivity index (χ3v) is 2.00. The Morgan fingerprint density at radius 3 is 2.76 bits per heavy atom. The van der Waals surface area contributed by atoms with E-state index in [1.807, 2.05) is 5.43 Å². The van der Waals surface area contributed by atoms with Crippen molar-refractivity contribution in [2.24, 2.45) is 5.84 Å². The summed E-state index contributed by atoms with van der Waals surface area (Å²) in [5.74, 6) is 4.28. The van der Waals surface area contributed by atoms with Crippen molar-refractivity contribution in [1.82, 2.24) is 5.43 Å². The molecule has 0 aromatic heterocycles. The van der Waals surface area contributed by atoms with E-state index in [2.05, 4.69) is 0 Å². The first kappa shape index (κ1) is 13.2. The second-order valence-corrected chi connectivity index (χ2v) is 3.30. The Hall–Kier alpha value is -1.83. The molecule has 0 bridgehead atoms. The Morgan fingerprint density at radius 2 is 2.24 bits per heavy atom. The largest absolute Gasteiger partial charge is 0.507 e. The molecule has 7 nitrogen and oxygen atoms in total. The van der Waals surface area contributed by atoms with Crippen LogP contribution in [-0.2, 0) is 0 Å². The maximum Gasteiger partial charge on any atom is 0.268 e. The van der Waals surface area contributed by atoms with Gasteiger partial charge in [0.05, 0.1) is 12.2 Å². The van der Waals surface area contributed by atoms with Gasteiger partial charge in [-0.3, -0.25) is 10.2 Å². The molecule has 0 radical (unpaired) electrons. The molecule has 0 aliphatic rings. The van der Waals surface area contributed by atoms with Gasteiger partial charge in [-0.2, -0.15) is 0 Å². The number of amides is 1. The highest BCUT2D eigenvalue weighted by Crippen LogP contribution is 2.23. The molecule has 1 amide bonds. The molecule has 0 aliphatic carbocycles. The van der Waals surface area contributed by atoms with E-state index in [9.17, 15) is 9.90 Å². The molecule has 1 aromatic carbocycles. The number of nitrogen functional groups attached to an aromatic ring is 1. The van der Waals surface area contributed by atoms with Crippen molar-refractivity contribution in [3.8, 4) is 11.5 Å². The summed E-state index contributed by atoms with van der Waals surface area (Å²) in [4.78, 5) is 11.1. The Balaban J connectivity index is 2.72. The molecule has 0 saturated heterocycles. The SMILES string of the molecule is NNC(=O)c1ccc(OC[C@@H](O)CO)cc1O. The Labute approximate surface area is 97.4 Å². The topological polar surface area (TPSA) is 125 Å². The zero-order valence-electron chi connectivity index (χ0n) is 8.96. The minimum Gasteiger partial charge on any atom is -0.507 e. The zero-order valence-corrected chi connectivity index (χ0v) is 8.96. The molecular formula is C10H14N2O5. The molecule has 1 rings (SSSR count). The summed E-state index contributed by atoms with van der Waals surface area (Å²) >= 11 is 0. The van der Waals surface area contributed by atoms with E-state index in [4.69, 9.17) is 20.8 Å². The maximum atomic E-state index is 11.1. The lowest BCUT2D eigenvalue weighted by Crippen LogP contribution is -2.30. The molecule has 0 spiro atoms. The fourth-order valence-corrected chi connectivity index (χ4v) is 1.12. The summed E-state index contributed by atoms with van der Waals surface area (Å²) in [6.45, 7) is -0.530. The van der Waals surface area contributed by atoms with Gasteiger partial charge in [-0.05, 0) is 12.1 Å². The first-order valence-electron chi connectivity index (χ1n) is 4.84. The number of hydrogen-bond acceptors (Lipinski definition) is 6. The van der Waals surface area contributed by atoms with Crippen LogP contribution in [0.5, 0.6) is 11.5 Å². The fraction of sp³-hybridized carbons (Fsp3) is 0.300. The number of hydrogen-bond donors (Lipinski definition) is 5. The highest BCUT2D eigenvalue weighted by Gasteiger charge is 2.11. The molecule has 7 heteroatoms.